The average Bonchev–Trinajstić information content (AvgIpc) is 2.27. The summed E-state index contributed by atoms with van der Waals surface area (Å²) >= 11 is 1.12. The van der Waals surface area contributed by atoms with Crippen LogP contribution in [0.25, 0.3) is 0 Å². The smallest absolute Gasteiger partial charge is 0.303 e. The lowest BCUT2D eigenvalue weighted by Gasteiger charge is -2.24. The first-order valence-electron chi connectivity index (χ1n) is 6.22. The van der Waals surface area contributed by atoms with E-state index in [2.05, 4.69) is 0 Å². The molecule has 0 spiro atoms. The van der Waals surface area contributed by atoms with Crippen molar-refractivity contribution in [1.29, 1.82) is 0 Å². The van der Waals surface area contributed by atoms with Crippen molar-refractivity contribution in [3.63, 3.8) is 0 Å². The van der Waals surface area contributed by atoms with Gasteiger partial charge in [0, 0.05) is 11.8 Å². The number of carbonyl (C=O) groups is 2. The van der Waals surface area contributed by atoms with Gasteiger partial charge >= 0.3 is 5.97 Å². The van der Waals surface area contributed by atoms with Gasteiger partial charge in [0.2, 0.25) is 5.12 Å². The molecule has 0 N–H and O–H groups in total. The molecule has 0 amide bonds. The third kappa shape index (κ3) is 6.43. The summed E-state index contributed by atoms with van der Waals surface area (Å²) < 4.78 is 5.15. The van der Waals surface area contributed by atoms with E-state index in [4.69, 9.17) is 4.74 Å². The second-order valence-electron chi connectivity index (χ2n) is 5.60. The summed E-state index contributed by atoms with van der Waals surface area (Å²) in [5, 5.41) is -0.128. The normalized spacial score (nSPS) is 12.8. The molecule has 1 aromatic carbocycles. The number of ether oxygens (including phenoxy) is 1. The highest BCUT2D eigenvalue weighted by Gasteiger charge is 2.28. The number of hydrogen-bond acceptors (Lipinski definition) is 4. The summed E-state index contributed by atoms with van der Waals surface area (Å²) in [4.78, 5) is 24.2. The first-order valence-corrected chi connectivity index (χ1v) is 7.03. The van der Waals surface area contributed by atoms with Crippen molar-refractivity contribution in [1.82, 2.24) is 0 Å². The van der Waals surface area contributed by atoms with Crippen molar-refractivity contribution in [2.75, 3.05) is 0 Å². The molecule has 0 aliphatic carbocycles. The van der Waals surface area contributed by atoms with Gasteiger partial charge in [-0.15, -0.1) is 0 Å². The molecular formula is C15H20O3S. The summed E-state index contributed by atoms with van der Waals surface area (Å²) in [5.74, 6) is -0.420. The van der Waals surface area contributed by atoms with Crippen LogP contribution in [0.3, 0.4) is 0 Å². The molecule has 3 nitrogen and oxygen atoms in total. The van der Waals surface area contributed by atoms with Crippen LogP contribution in [0, 0.1) is 5.41 Å². The zero-order chi connectivity index (χ0) is 14.5. The maximum atomic E-state index is 12.2. The van der Waals surface area contributed by atoms with Crippen LogP contribution in [0.5, 0.6) is 0 Å². The Labute approximate surface area is 118 Å². The van der Waals surface area contributed by atoms with Crippen LogP contribution >= 0.6 is 11.8 Å². The highest BCUT2D eigenvalue weighted by atomic mass is 32.2. The van der Waals surface area contributed by atoms with Gasteiger partial charge in [0.1, 0.15) is 0 Å². The zero-order valence-corrected chi connectivity index (χ0v) is 12.6. The highest BCUT2D eigenvalue weighted by molar-refractivity contribution is 8.13. The van der Waals surface area contributed by atoms with Gasteiger partial charge < -0.3 is 4.74 Å². The van der Waals surface area contributed by atoms with Gasteiger partial charge in [0.05, 0.1) is 0 Å². The summed E-state index contributed by atoms with van der Waals surface area (Å²) in [7, 11) is 0. The van der Waals surface area contributed by atoms with Gasteiger partial charge in [0.15, 0.2) is 6.10 Å². The molecule has 1 aromatic rings. The molecule has 0 saturated carbocycles. The Morgan fingerprint density at radius 3 is 2.26 bits per heavy atom. The molecule has 1 atom stereocenters. The van der Waals surface area contributed by atoms with E-state index >= 15 is 0 Å². The van der Waals surface area contributed by atoms with Gasteiger partial charge in [-0.1, -0.05) is 39.0 Å². The molecule has 0 saturated heterocycles. The van der Waals surface area contributed by atoms with Crippen LogP contribution in [0.15, 0.2) is 35.2 Å². The van der Waals surface area contributed by atoms with Gasteiger partial charge in [-0.05, 0) is 35.7 Å². The highest BCUT2D eigenvalue weighted by Crippen LogP contribution is 2.28. The maximum absolute atomic E-state index is 12.2. The Morgan fingerprint density at radius 2 is 1.79 bits per heavy atom. The fraction of sp³-hybridized carbons (Fsp3) is 0.467. The second-order valence-corrected chi connectivity index (χ2v) is 6.67. The van der Waals surface area contributed by atoms with E-state index in [0.29, 0.717) is 6.42 Å². The lowest BCUT2D eigenvalue weighted by Crippen LogP contribution is -2.29. The van der Waals surface area contributed by atoms with E-state index in [1.807, 2.05) is 51.1 Å². The number of esters is 1. The Balaban J connectivity index is 2.74. The maximum Gasteiger partial charge on any atom is 0.303 e. The summed E-state index contributed by atoms with van der Waals surface area (Å²) in [6, 6.07) is 9.38. The SMILES string of the molecule is CC(=O)OC(CC(C)(C)C)C(=O)Sc1ccccc1. The molecule has 4 heteroatoms. The molecule has 0 heterocycles. The quantitative estimate of drug-likeness (QED) is 0.623. The largest absolute Gasteiger partial charge is 0.454 e. The molecular weight excluding hydrogens is 260 g/mol. The Kier molecular flexibility index (Phi) is 5.60. The first kappa shape index (κ1) is 15.8. The fourth-order valence-electron chi connectivity index (χ4n) is 1.60. The molecule has 0 radical (unpaired) electrons. The van der Waals surface area contributed by atoms with Gasteiger partial charge in [-0.25, -0.2) is 0 Å². The molecule has 104 valence electrons. The summed E-state index contributed by atoms with van der Waals surface area (Å²) in [6.07, 6.45) is -0.173. The van der Waals surface area contributed by atoms with Crippen molar-refractivity contribution < 1.29 is 14.3 Å². The van der Waals surface area contributed by atoms with Crippen molar-refractivity contribution in [3.05, 3.63) is 30.3 Å². The topological polar surface area (TPSA) is 43.4 Å². The van der Waals surface area contributed by atoms with E-state index in [9.17, 15) is 9.59 Å². The van der Waals surface area contributed by atoms with Gasteiger partial charge in [-0.3, -0.25) is 9.59 Å². The minimum Gasteiger partial charge on any atom is -0.454 e. The molecule has 19 heavy (non-hydrogen) atoms. The van der Waals surface area contributed by atoms with Crippen molar-refractivity contribution >= 4 is 22.8 Å². The van der Waals surface area contributed by atoms with Crippen molar-refractivity contribution in [2.24, 2.45) is 5.41 Å². The molecule has 0 fully saturated rings. The van der Waals surface area contributed by atoms with Crippen LogP contribution in [0.2, 0.25) is 0 Å². The molecule has 0 bridgehead atoms. The van der Waals surface area contributed by atoms with Crippen LogP contribution in [-0.4, -0.2) is 17.2 Å². The van der Waals surface area contributed by atoms with Crippen molar-refractivity contribution in [3.8, 4) is 0 Å². The van der Waals surface area contributed by atoms with Crippen molar-refractivity contribution in [2.45, 2.75) is 45.1 Å². The average molecular weight is 280 g/mol. The predicted octanol–water partition coefficient (Wildman–Crippen LogP) is 3.67. The number of hydrogen-bond donors (Lipinski definition) is 0. The molecule has 0 aliphatic heterocycles. The first-order chi connectivity index (χ1) is 8.78. The fourth-order valence-corrected chi connectivity index (χ4v) is 2.39. The minimum absolute atomic E-state index is 0.0764. The summed E-state index contributed by atoms with van der Waals surface area (Å²) in [6.45, 7) is 7.38. The Bertz CT molecular complexity index is 434. The lowest BCUT2D eigenvalue weighted by atomic mass is 9.89. The number of rotatable bonds is 4. The summed E-state index contributed by atoms with van der Waals surface area (Å²) in [5.41, 5.74) is -0.0764. The molecule has 0 aromatic heterocycles. The predicted molar refractivity (Wildman–Crippen MR) is 76.9 cm³/mol. The third-order valence-electron chi connectivity index (χ3n) is 2.33. The third-order valence-corrected chi connectivity index (χ3v) is 3.30. The van der Waals surface area contributed by atoms with E-state index in [0.717, 1.165) is 16.7 Å². The van der Waals surface area contributed by atoms with E-state index in [-0.39, 0.29) is 10.5 Å². The monoisotopic (exact) mass is 280 g/mol. The Morgan fingerprint density at radius 1 is 1.21 bits per heavy atom. The number of benzene rings is 1. The molecule has 0 aliphatic rings. The van der Waals surface area contributed by atoms with Crippen LogP contribution in [0.4, 0.5) is 0 Å². The van der Waals surface area contributed by atoms with E-state index in [1.165, 1.54) is 6.92 Å². The van der Waals surface area contributed by atoms with Crippen LogP contribution in [0.1, 0.15) is 34.1 Å². The standard InChI is InChI=1S/C15H20O3S/c1-11(16)18-13(10-15(2,3)4)14(17)19-12-8-6-5-7-9-12/h5-9,13H,10H2,1-4H3. The Hall–Kier alpha value is -1.29. The lowest BCUT2D eigenvalue weighted by molar-refractivity contribution is -0.151. The van der Waals surface area contributed by atoms with Gasteiger partial charge in [-0.2, -0.15) is 0 Å². The number of carbonyl (C=O) groups excluding carboxylic acids is 2. The zero-order valence-electron chi connectivity index (χ0n) is 11.8. The van der Waals surface area contributed by atoms with E-state index in [1.54, 1.807) is 0 Å². The second kappa shape index (κ2) is 6.75. The molecule has 1 unspecified atom stereocenters. The molecule has 1 rings (SSSR count). The van der Waals surface area contributed by atoms with Crippen LogP contribution < -0.4 is 0 Å². The van der Waals surface area contributed by atoms with E-state index < -0.39 is 12.1 Å². The minimum atomic E-state index is -0.692. The van der Waals surface area contributed by atoms with Gasteiger partial charge in [0.25, 0.3) is 0 Å². The van der Waals surface area contributed by atoms with Crippen LogP contribution in [-0.2, 0) is 14.3 Å². The number of thioether (sulfide) groups is 1.